The highest BCUT2D eigenvalue weighted by Gasteiger charge is 2.08. The fraction of sp³-hybridized carbons (Fsp3) is 0.143. The lowest BCUT2D eigenvalue weighted by Gasteiger charge is -1.97. The molecule has 3 rings (SSSR count). The predicted molar refractivity (Wildman–Crippen MR) is 126 cm³/mol. The zero-order valence-corrected chi connectivity index (χ0v) is 18.9. The fourth-order valence-electron chi connectivity index (χ4n) is 2.76. The predicted octanol–water partition coefficient (Wildman–Crippen LogP) is 5.30. The molecule has 0 aromatic heterocycles. The second-order valence-corrected chi connectivity index (χ2v) is 6.91. The van der Waals surface area contributed by atoms with Crippen LogP contribution in [-0.4, -0.2) is 0 Å². The summed E-state index contributed by atoms with van der Waals surface area (Å²) in [7, 11) is 0. The Balaban J connectivity index is 0.000000261. The third-order valence-electron chi connectivity index (χ3n) is 4.70. The van der Waals surface area contributed by atoms with Crippen molar-refractivity contribution < 1.29 is 0 Å². The minimum absolute atomic E-state index is 0.114. The van der Waals surface area contributed by atoms with Crippen molar-refractivity contribution in [1.82, 2.24) is 0 Å². The molecule has 6 nitrogen and oxygen atoms in total. The lowest BCUT2D eigenvalue weighted by molar-refractivity contribution is 1.21. The molecule has 3 aromatic carbocycles. The van der Waals surface area contributed by atoms with Crippen molar-refractivity contribution in [2.75, 3.05) is 0 Å². The molecule has 0 heterocycles. The lowest BCUT2D eigenvalue weighted by Crippen LogP contribution is -1.90. The normalized spacial score (nSPS) is 8.35. The Morgan fingerprint density at radius 3 is 1.03 bits per heavy atom. The molecule has 0 saturated carbocycles. The molecule has 0 N–H and O–H groups in total. The second-order valence-electron chi connectivity index (χ2n) is 6.91. The van der Waals surface area contributed by atoms with E-state index in [0.29, 0.717) is 12.8 Å². The van der Waals surface area contributed by atoms with E-state index in [1.165, 1.54) is 23.3 Å². The molecule has 0 atom stereocenters. The molecule has 0 radical (unpaired) electrons. The number of aryl methyl sites for hydroxylation is 2. The molecule has 0 spiro atoms. The molecule has 0 aliphatic rings. The largest absolute Gasteiger partial charge is 0.198 e. The summed E-state index contributed by atoms with van der Waals surface area (Å²) in [5.74, 6) is 0. The summed E-state index contributed by atoms with van der Waals surface area (Å²) in [5, 5.41) is 51.3. The highest BCUT2D eigenvalue weighted by molar-refractivity contribution is 5.57. The molecule has 3 aromatic rings. The Morgan fingerprint density at radius 1 is 0.500 bits per heavy atom. The van der Waals surface area contributed by atoms with Gasteiger partial charge >= 0.3 is 0 Å². The molecule has 0 aliphatic heterocycles. The van der Waals surface area contributed by atoms with Crippen molar-refractivity contribution in [1.29, 1.82) is 31.6 Å². The first-order chi connectivity index (χ1) is 16.4. The van der Waals surface area contributed by atoms with Crippen molar-refractivity contribution >= 4 is 0 Å². The van der Waals surface area contributed by atoms with Crippen molar-refractivity contribution in [3.05, 3.63) is 105 Å². The van der Waals surface area contributed by atoms with Gasteiger partial charge in [-0.05, 0) is 48.2 Å². The average molecular weight is 441 g/mol. The summed E-state index contributed by atoms with van der Waals surface area (Å²) in [5.41, 5.74) is 5.11. The molecule has 0 amide bonds. The van der Waals surface area contributed by atoms with Crippen LogP contribution in [0.15, 0.2) is 60.7 Å². The van der Waals surface area contributed by atoms with E-state index >= 15 is 0 Å². The lowest BCUT2D eigenvalue weighted by atomic mass is 10.0. The fourth-order valence-corrected chi connectivity index (χ4v) is 2.76. The van der Waals surface area contributed by atoms with Gasteiger partial charge < -0.3 is 0 Å². The zero-order chi connectivity index (χ0) is 25.3. The van der Waals surface area contributed by atoms with Crippen LogP contribution in [0.1, 0.15) is 44.5 Å². The van der Waals surface area contributed by atoms with Crippen molar-refractivity contribution in [2.45, 2.75) is 26.7 Å². The number of hydrogen-bond donors (Lipinski definition) is 0. The SMILES string of the molecule is Cc1ccccc1CC#N.Cc1ccccc1CC#N.N#Cc1cc(C#N)c(C#N)cc1C#N. The van der Waals surface area contributed by atoms with Crippen LogP contribution in [0, 0.1) is 81.8 Å². The Labute approximate surface area is 200 Å². The number of benzene rings is 3. The van der Waals surface area contributed by atoms with Crippen LogP contribution in [0.2, 0.25) is 0 Å². The first kappa shape index (κ1) is 26.6. The standard InChI is InChI=1S/C10H2N4.2C9H9N/c11-3-7-1-8(4-12)10(6-14)2-9(7)5-13;2*1-8-4-2-3-5-9(8)6-7-10/h1-2H;2*2-5H,6H2,1H3. The van der Waals surface area contributed by atoms with Crippen LogP contribution in [-0.2, 0) is 12.8 Å². The second kappa shape index (κ2) is 14.6. The van der Waals surface area contributed by atoms with Crippen LogP contribution >= 0.6 is 0 Å². The van der Waals surface area contributed by atoms with Crippen molar-refractivity contribution in [3.8, 4) is 36.4 Å². The summed E-state index contributed by atoms with van der Waals surface area (Å²) in [6, 6.07) is 29.8. The highest BCUT2D eigenvalue weighted by Crippen LogP contribution is 2.14. The number of rotatable bonds is 2. The third kappa shape index (κ3) is 8.03. The van der Waals surface area contributed by atoms with Crippen LogP contribution in [0.3, 0.4) is 0 Å². The molecule has 162 valence electrons. The van der Waals surface area contributed by atoms with Crippen molar-refractivity contribution in [3.63, 3.8) is 0 Å². The number of hydrogen-bond acceptors (Lipinski definition) is 6. The molecule has 0 unspecified atom stereocenters. The number of nitriles is 6. The minimum Gasteiger partial charge on any atom is -0.198 e. The van der Waals surface area contributed by atoms with Crippen LogP contribution in [0.4, 0.5) is 0 Å². The van der Waals surface area contributed by atoms with Gasteiger partial charge in [0.1, 0.15) is 24.3 Å². The van der Waals surface area contributed by atoms with E-state index in [-0.39, 0.29) is 22.3 Å². The molecule has 34 heavy (non-hydrogen) atoms. The Hall–Kier alpha value is -5.40. The van der Waals surface area contributed by atoms with Gasteiger partial charge in [-0.15, -0.1) is 0 Å². The molecule has 0 saturated heterocycles. The maximum Gasteiger partial charge on any atom is 0.101 e. The monoisotopic (exact) mass is 440 g/mol. The first-order valence-electron chi connectivity index (χ1n) is 10.1. The van der Waals surface area contributed by atoms with Gasteiger partial charge in [0, 0.05) is 0 Å². The number of nitrogens with zero attached hydrogens (tertiary/aromatic N) is 6. The third-order valence-corrected chi connectivity index (χ3v) is 4.70. The van der Waals surface area contributed by atoms with E-state index in [1.54, 1.807) is 24.3 Å². The van der Waals surface area contributed by atoms with Gasteiger partial charge in [0.2, 0.25) is 0 Å². The topological polar surface area (TPSA) is 143 Å². The maximum atomic E-state index is 8.64. The summed E-state index contributed by atoms with van der Waals surface area (Å²) >= 11 is 0. The average Bonchev–Trinajstić information content (AvgIpc) is 2.87. The molecule has 0 bridgehead atoms. The first-order valence-corrected chi connectivity index (χ1v) is 10.1. The molecular formula is C28H20N6. The molecule has 0 fully saturated rings. The summed E-state index contributed by atoms with van der Waals surface area (Å²) in [6.45, 7) is 4.04. The van der Waals surface area contributed by atoms with E-state index in [4.69, 9.17) is 31.6 Å². The van der Waals surface area contributed by atoms with Gasteiger partial charge in [-0.2, -0.15) is 31.6 Å². The molecule has 6 heteroatoms. The minimum atomic E-state index is 0.114. The van der Waals surface area contributed by atoms with E-state index in [1.807, 2.05) is 62.4 Å². The van der Waals surface area contributed by atoms with E-state index in [0.717, 1.165) is 11.1 Å². The smallest absolute Gasteiger partial charge is 0.101 e. The van der Waals surface area contributed by atoms with Gasteiger partial charge in [0.05, 0.1) is 47.2 Å². The molecule has 0 aliphatic carbocycles. The van der Waals surface area contributed by atoms with Crippen molar-refractivity contribution in [2.24, 2.45) is 0 Å². The van der Waals surface area contributed by atoms with Gasteiger partial charge in [-0.1, -0.05) is 48.5 Å². The van der Waals surface area contributed by atoms with E-state index in [2.05, 4.69) is 12.1 Å². The quantitative estimate of drug-likeness (QED) is 0.529. The van der Waals surface area contributed by atoms with Crippen LogP contribution < -0.4 is 0 Å². The van der Waals surface area contributed by atoms with Crippen LogP contribution in [0.25, 0.3) is 0 Å². The Bertz CT molecular complexity index is 1240. The zero-order valence-electron chi connectivity index (χ0n) is 18.9. The van der Waals surface area contributed by atoms with E-state index < -0.39 is 0 Å². The van der Waals surface area contributed by atoms with Gasteiger partial charge in [-0.3, -0.25) is 0 Å². The van der Waals surface area contributed by atoms with Crippen LogP contribution in [0.5, 0.6) is 0 Å². The Kier molecular flexibility index (Phi) is 11.4. The molecular weight excluding hydrogens is 420 g/mol. The maximum absolute atomic E-state index is 8.64. The summed E-state index contributed by atoms with van der Waals surface area (Å²) < 4.78 is 0. The van der Waals surface area contributed by atoms with Gasteiger partial charge in [0.25, 0.3) is 0 Å². The Morgan fingerprint density at radius 2 is 0.794 bits per heavy atom. The van der Waals surface area contributed by atoms with E-state index in [9.17, 15) is 0 Å². The summed E-state index contributed by atoms with van der Waals surface area (Å²) in [6.07, 6.45) is 1.04. The summed E-state index contributed by atoms with van der Waals surface area (Å²) in [4.78, 5) is 0. The van der Waals surface area contributed by atoms with Gasteiger partial charge in [-0.25, -0.2) is 0 Å². The highest BCUT2D eigenvalue weighted by atomic mass is 14.3. The van der Waals surface area contributed by atoms with Gasteiger partial charge in [0.15, 0.2) is 0 Å².